The third kappa shape index (κ3) is 11.8. The van der Waals surface area contributed by atoms with Gasteiger partial charge in [-0.2, -0.15) is 0 Å². The summed E-state index contributed by atoms with van der Waals surface area (Å²) in [4.78, 5) is 45.1. The Kier molecular flexibility index (Phi) is 13.7. The van der Waals surface area contributed by atoms with Crippen molar-refractivity contribution in [3.05, 3.63) is 71.8 Å². The summed E-state index contributed by atoms with van der Waals surface area (Å²) in [5, 5.41) is 0. The van der Waals surface area contributed by atoms with Crippen LogP contribution in [0.3, 0.4) is 0 Å². The van der Waals surface area contributed by atoms with Gasteiger partial charge in [-0.15, -0.1) is 0 Å². The topological polar surface area (TPSA) is 86.7 Å². The van der Waals surface area contributed by atoms with Crippen LogP contribution in [0.1, 0.15) is 73.1 Å². The van der Waals surface area contributed by atoms with E-state index in [0.29, 0.717) is 49.8 Å². The third-order valence-electron chi connectivity index (χ3n) is 4.39. The van der Waals surface area contributed by atoms with E-state index in [2.05, 4.69) is 0 Å². The van der Waals surface area contributed by atoms with Crippen LogP contribution < -0.4 is 0 Å². The SMILES string of the molecule is CCC(=O)CCCOC(=O)c1ccccc1.CCCC(=O)CCOC(=O)c1ccccc1. The minimum absolute atomic E-state index is 0.142. The van der Waals surface area contributed by atoms with E-state index in [1.165, 1.54) is 0 Å². The Morgan fingerprint density at radius 3 is 1.59 bits per heavy atom. The lowest BCUT2D eigenvalue weighted by Crippen LogP contribution is -2.09. The van der Waals surface area contributed by atoms with E-state index >= 15 is 0 Å². The zero-order chi connectivity index (χ0) is 23.6. The van der Waals surface area contributed by atoms with Gasteiger partial charge < -0.3 is 9.47 Å². The van der Waals surface area contributed by atoms with Gasteiger partial charge in [0.25, 0.3) is 0 Å². The highest BCUT2D eigenvalue weighted by Crippen LogP contribution is 2.03. The lowest BCUT2D eigenvalue weighted by atomic mass is 10.2. The predicted molar refractivity (Wildman–Crippen MR) is 123 cm³/mol. The molecule has 6 heteroatoms. The number of Topliss-reactive ketones (excluding diaryl/α,β-unsaturated/α-hetero) is 2. The van der Waals surface area contributed by atoms with Crippen molar-refractivity contribution in [2.45, 2.75) is 52.4 Å². The summed E-state index contributed by atoms with van der Waals surface area (Å²) in [5.41, 5.74) is 1.06. The molecule has 0 spiro atoms. The summed E-state index contributed by atoms with van der Waals surface area (Å²) < 4.78 is 10.0. The van der Waals surface area contributed by atoms with Crippen molar-refractivity contribution < 1.29 is 28.7 Å². The van der Waals surface area contributed by atoms with Crippen LogP contribution in [0, 0.1) is 0 Å². The van der Waals surface area contributed by atoms with Gasteiger partial charge in [0.2, 0.25) is 0 Å². The zero-order valence-electron chi connectivity index (χ0n) is 18.9. The van der Waals surface area contributed by atoms with E-state index < -0.39 is 0 Å². The normalized spacial score (nSPS) is 9.81. The molecule has 0 amide bonds. The fraction of sp³-hybridized carbons (Fsp3) is 0.385. The molecule has 0 saturated heterocycles. The van der Waals surface area contributed by atoms with E-state index in [0.717, 1.165) is 6.42 Å². The molecule has 0 aliphatic rings. The number of hydrogen-bond acceptors (Lipinski definition) is 6. The Balaban J connectivity index is 0.000000320. The van der Waals surface area contributed by atoms with Gasteiger partial charge in [-0.3, -0.25) is 9.59 Å². The van der Waals surface area contributed by atoms with Crippen molar-refractivity contribution in [3.63, 3.8) is 0 Å². The molecule has 0 aliphatic carbocycles. The summed E-state index contributed by atoms with van der Waals surface area (Å²) in [5.74, 6) is -0.353. The Morgan fingerprint density at radius 1 is 0.625 bits per heavy atom. The van der Waals surface area contributed by atoms with Gasteiger partial charge in [-0.25, -0.2) is 9.59 Å². The third-order valence-corrected chi connectivity index (χ3v) is 4.39. The minimum atomic E-state index is -0.370. The molecule has 0 atom stereocenters. The lowest BCUT2D eigenvalue weighted by Gasteiger charge is -2.03. The van der Waals surface area contributed by atoms with Crippen LogP contribution in [-0.4, -0.2) is 36.7 Å². The molecule has 172 valence electrons. The Bertz CT molecular complexity index is 830. The van der Waals surface area contributed by atoms with Gasteiger partial charge in [0.05, 0.1) is 24.3 Å². The molecule has 0 unspecified atom stereocenters. The van der Waals surface area contributed by atoms with Crippen molar-refractivity contribution in [2.24, 2.45) is 0 Å². The zero-order valence-corrected chi connectivity index (χ0v) is 18.9. The van der Waals surface area contributed by atoms with E-state index in [4.69, 9.17) is 9.47 Å². The molecular weight excluding hydrogens is 408 g/mol. The van der Waals surface area contributed by atoms with Gasteiger partial charge in [-0.1, -0.05) is 50.2 Å². The van der Waals surface area contributed by atoms with Crippen LogP contribution >= 0.6 is 0 Å². The molecule has 0 fully saturated rings. The van der Waals surface area contributed by atoms with Crippen LogP contribution in [0.2, 0.25) is 0 Å². The van der Waals surface area contributed by atoms with E-state index in [1.807, 2.05) is 26.0 Å². The molecule has 0 saturated carbocycles. The van der Waals surface area contributed by atoms with Crippen LogP contribution in [0.25, 0.3) is 0 Å². The van der Waals surface area contributed by atoms with Gasteiger partial charge in [0.15, 0.2) is 0 Å². The highest BCUT2D eigenvalue weighted by Gasteiger charge is 2.07. The van der Waals surface area contributed by atoms with Crippen LogP contribution in [0.15, 0.2) is 60.7 Å². The molecule has 6 nitrogen and oxygen atoms in total. The molecule has 0 heterocycles. The minimum Gasteiger partial charge on any atom is -0.462 e. The van der Waals surface area contributed by atoms with Crippen molar-refractivity contribution >= 4 is 23.5 Å². The van der Waals surface area contributed by atoms with Crippen molar-refractivity contribution in [3.8, 4) is 0 Å². The standard InChI is InChI=1S/2C13H16O3/c1-2-12(14)9-6-10-16-13(15)11-7-4-3-5-8-11;1-2-6-12(14)9-10-16-13(15)11-7-4-3-5-8-11/h2*3-5,7-8H,2,6,9-10H2,1H3. The van der Waals surface area contributed by atoms with Gasteiger partial charge >= 0.3 is 11.9 Å². The molecule has 0 radical (unpaired) electrons. The summed E-state index contributed by atoms with van der Waals surface area (Å²) >= 11 is 0. The molecule has 2 aromatic carbocycles. The van der Waals surface area contributed by atoms with Crippen LogP contribution in [0.5, 0.6) is 0 Å². The highest BCUT2D eigenvalue weighted by atomic mass is 16.5. The average molecular weight is 441 g/mol. The second-order valence-electron chi connectivity index (χ2n) is 7.04. The van der Waals surface area contributed by atoms with E-state index in [-0.39, 0.29) is 30.1 Å². The van der Waals surface area contributed by atoms with Crippen molar-refractivity contribution in [2.75, 3.05) is 13.2 Å². The maximum absolute atomic E-state index is 11.5. The number of carbonyl (C=O) groups is 4. The first-order valence-electron chi connectivity index (χ1n) is 11.0. The Morgan fingerprint density at radius 2 is 1.12 bits per heavy atom. The summed E-state index contributed by atoms with van der Waals surface area (Å²) in [6.07, 6.45) is 3.34. The number of ether oxygens (including phenoxy) is 2. The molecule has 0 N–H and O–H groups in total. The maximum Gasteiger partial charge on any atom is 0.338 e. The van der Waals surface area contributed by atoms with E-state index in [9.17, 15) is 19.2 Å². The summed E-state index contributed by atoms with van der Waals surface area (Å²) in [7, 11) is 0. The van der Waals surface area contributed by atoms with E-state index in [1.54, 1.807) is 48.5 Å². The fourth-order valence-electron chi connectivity index (χ4n) is 2.59. The molecule has 0 aromatic heterocycles. The predicted octanol–water partition coefficient (Wildman–Crippen LogP) is 5.21. The smallest absolute Gasteiger partial charge is 0.338 e. The quantitative estimate of drug-likeness (QED) is 0.333. The molecule has 0 aliphatic heterocycles. The summed E-state index contributed by atoms with van der Waals surface area (Å²) in [6.45, 7) is 4.26. The first kappa shape index (κ1) is 26.8. The van der Waals surface area contributed by atoms with Crippen molar-refractivity contribution in [1.29, 1.82) is 0 Å². The number of ketones is 2. The number of rotatable bonds is 12. The van der Waals surface area contributed by atoms with Crippen LogP contribution in [-0.2, 0) is 19.1 Å². The highest BCUT2D eigenvalue weighted by molar-refractivity contribution is 5.90. The van der Waals surface area contributed by atoms with Crippen molar-refractivity contribution in [1.82, 2.24) is 0 Å². The summed E-state index contributed by atoms with van der Waals surface area (Å²) in [6, 6.07) is 17.6. The monoisotopic (exact) mass is 440 g/mol. The molecule has 0 bridgehead atoms. The lowest BCUT2D eigenvalue weighted by molar-refractivity contribution is -0.120. The molecule has 2 rings (SSSR count). The number of hydrogen-bond donors (Lipinski definition) is 0. The fourth-order valence-corrected chi connectivity index (χ4v) is 2.59. The van der Waals surface area contributed by atoms with Crippen LogP contribution in [0.4, 0.5) is 0 Å². The maximum atomic E-state index is 11.5. The first-order chi connectivity index (χ1) is 15.5. The second kappa shape index (κ2) is 16.4. The molecule has 32 heavy (non-hydrogen) atoms. The van der Waals surface area contributed by atoms with Gasteiger partial charge in [0.1, 0.15) is 11.6 Å². The number of esters is 2. The Labute approximate surface area is 189 Å². The number of benzene rings is 2. The van der Waals surface area contributed by atoms with Gasteiger partial charge in [-0.05, 0) is 37.1 Å². The second-order valence-corrected chi connectivity index (χ2v) is 7.04. The average Bonchev–Trinajstić information content (AvgIpc) is 2.83. The molecule has 2 aromatic rings. The largest absolute Gasteiger partial charge is 0.462 e. The number of carbonyl (C=O) groups excluding carboxylic acids is 4. The molecular formula is C26H32O6. The first-order valence-corrected chi connectivity index (χ1v) is 11.0. The Hall–Kier alpha value is -3.28. The van der Waals surface area contributed by atoms with Gasteiger partial charge in [0, 0.05) is 25.7 Å².